The number of anilines is 2. The molecule has 2 aromatic carbocycles. The molecule has 0 bridgehead atoms. The van der Waals surface area contributed by atoms with Gasteiger partial charge in [0.15, 0.2) is 0 Å². The molecule has 0 aromatic heterocycles. The zero-order valence-corrected chi connectivity index (χ0v) is 11.6. The van der Waals surface area contributed by atoms with Crippen LogP contribution in [0.2, 0.25) is 0 Å². The highest BCUT2D eigenvalue weighted by molar-refractivity contribution is 5.67. The quantitative estimate of drug-likeness (QED) is 0.906. The van der Waals surface area contributed by atoms with E-state index in [9.17, 15) is 13.2 Å². The van der Waals surface area contributed by atoms with Gasteiger partial charge >= 0.3 is 6.18 Å². The van der Waals surface area contributed by atoms with E-state index in [1.165, 1.54) is 12.1 Å². The molecule has 0 saturated carbocycles. The fourth-order valence-corrected chi connectivity index (χ4v) is 2.24. The lowest BCUT2D eigenvalue weighted by Gasteiger charge is -2.27. The van der Waals surface area contributed by atoms with Crippen LogP contribution in [0.4, 0.5) is 24.5 Å². The molecule has 0 unspecified atom stereocenters. The SMILES string of the molecule is CCN(c1ccccc1)c1ccc(CO)cc1C(F)(F)F. The van der Waals surface area contributed by atoms with Crippen molar-refractivity contribution in [3.8, 4) is 0 Å². The van der Waals surface area contributed by atoms with E-state index < -0.39 is 18.3 Å². The van der Waals surface area contributed by atoms with Crippen molar-refractivity contribution in [2.75, 3.05) is 11.4 Å². The molecule has 0 aliphatic heterocycles. The highest BCUT2D eigenvalue weighted by Crippen LogP contribution is 2.39. The summed E-state index contributed by atoms with van der Waals surface area (Å²) < 4.78 is 39.8. The van der Waals surface area contributed by atoms with E-state index in [-0.39, 0.29) is 11.3 Å². The van der Waals surface area contributed by atoms with Gasteiger partial charge in [-0.25, -0.2) is 0 Å². The van der Waals surface area contributed by atoms with Gasteiger partial charge in [-0.2, -0.15) is 13.2 Å². The number of hydrogen-bond donors (Lipinski definition) is 1. The number of hydrogen-bond acceptors (Lipinski definition) is 2. The van der Waals surface area contributed by atoms with Crippen molar-refractivity contribution in [2.24, 2.45) is 0 Å². The van der Waals surface area contributed by atoms with E-state index in [4.69, 9.17) is 5.11 Å². The van der Waals surface area contributed by atoms with Crippen molar-refractivity contribution >= 4 is 11.4 Å². The van der Waals surface area contributed by atoms with Crippen LogP contribution < -0.4 is 4.90 Å². The van der Waals surface area contributed by atoms with Crippen molar-refractivity contribution in [2.45, 2.75) is 19.7 Å². The van der Waals surface area contributed by atoms with Crippen LogP contribution in [0.3, 0.4) is 0 Å². The van der Waals surface area contributed by atoms with Gasteiger partial charge in [-0.05, 0) is 36.8 Å². The average Bonchev–Trinajstić information content (AvgIpc) is 2.48. The molecular weight excluding hydrogens is 279 g/mol. The lowest BCUT2D eigenvalue weighted by Crippen LogP contribution is -2.21. The van der Waals surface area contributed by atoms with Gasteiger partial charge in [-0.3, -0.25) is 0 Å². The monoisotopic (exact) mass is 295 g/mol. The molecule has 0 saturated heterocycles. The lowest BCUT2D eigenvalue weighted by molar-refractivity contribution is -0.137. The van der Waals surface area contributed by atoms with Crippen LogP contribution in [0.1, 0.15) is 18.1 Å². The Balaban J connectivity index is 2.56. The van der Waals surface area contributed by atoms with Crippen molar-refractivity contribution < 1.29 is 18.3 Å². The Morgan fingerprint density at radius 2 is 1.71 bits per heavy atom. The minimum absolute atomic E-state index is 0.0911. The van der Waals surface area contributed by atoms with E-state index >= 15 is 0 Å². The standard InChI is InChI=1S/C16H16F3NO/c1-2-20(13-6-4-3-5-7-13)15-9-8-12(11-21)10-14(15)16(17,18)19/h3-10,21H,2,11H2,1H3. The highest BCUT2D eigenvalue weighted by Gasteiger charge is 2.35. The summed E-state index contributed by atoms with van der Waals surface area (Å²) in [6, 6.07) is 12.8. The number of benzene rings is 2. The number of aliphatic hydroxyl groups is 1. The Kier molecular flexibility index (Phi) is 4.53. The molecule has 112 valence electrons. The van der Waals surface area contributed by atoms with E-state index in [2.05, 4.69) is 0 Å². The first kappa shape index (κ1) is 15.4. The summed E-state index contributed by atoms with van der Waals surface area (Å²) in [5, 5.41) is 9.05. The molecule has 0 amide bonds. The minimum Gasteiger partial charge on any atom is -0.392 e. The summed E-state index contributed by atoms with van der Waals surface area (Å²) in [6.45, 7) is 1.79. The second kappa shape index (κ2) is 6.18. The number of para-hydroxylation sites is 1. The van der Waals surface area contributed by atoms with Crippen LogP contribution in [0.15, 0.2) is 48.5 Å². The van der Waals surface area contributed by atoms with Gasteiger partial charge < -0.3 is 10.0 Å². The second-order valence-corrected chi connectivity index (χ2v) is 4.59. The lowest BCUT2D eigenvalue weighted by atomic mass is 10.1. The van der Waals surface area contributed by atoms with Crippen molar-refractivity contribution in [1.29, 1.82) is 0 Å². The first-order chi connectivity index (χ1) is 9.97. The Morgan fingerprint density at radius 3 is 2.24 bits per heavy atom. The minimum atomic E-state index is -4.47. The van der Waals surface area contributed by atoms with Gasteiger partial charge in [-0.1, -0.05) is 24.3 Å². The molecule has 0 atom stereocenters. The molecule has 0 radical (unpaired) electrons. The van der Waals surface area contributed by atoms with E-state index in [1.54, 1.807) is 36.1 Å². The summed E-state index contributed by atoms with van der Waals surface area (Å²) in [6.07, 6.45) is -4.47. The van der Waals surface area contributed by atoms with Gasteiger partial charge in [0.05, 0.1) is 17.9 Å². The maximum atomic E-state index is 13.3. The highest BCUT2D eigenvalue weighted by atomic mass is 19.4. The molecule has 1 N–H and O–H groups in total. The molecule has 21 heavy (non-hydrogen) atoms. The molecule has 5 heteroatoms. The summed E-state index contributed by atoms with van der Waals surface area (Å²) in [5.74, 6) is 0. The molecule has 2 nitrogen and oxygen atoms in total. The van der Waals surface area contributed by atoms with E-state index in [0.29, 0.717) is 12.2 Å². The zero-order valence-electron chi connectivity index (χ0n) is 11.6. The Hall–Kier alpha value is -2.01. The summed E-state index contributed by atoms with van der Waals surface area (Å²) in [5.41, 5.74) is 0.297. The molecule has 2 aromatic rings. The first-order valence-corrected chi connectivity index (χ1v) is 6.61. The van der Waals surface area contributed by atoms with E-state index in [0.717, 1.165) is 6.07 Å². The molecule has 0 aliphatic rings. The third kappa shape index (κ3) is 3.36. The Labute approximate surface area is 121 Å². The largest absolute Gasteiger partial charge is 0.418 e. The van der Waals surface area contributed by atoms with E-state index in [1.807, 2.05) is 6.07 Å². The fourth-order valence-electron chi connectivity index (χ4n) is 2.24. The number of aliphatic hydroxyl groups excluding tert-OH is 1. The molecule has 0 fully saturated rings. The van der Waals surface area contributed by atoms with Crippen molar-refractivity contribution in [1.82, 2.24) is 0 Å². The molecule has 0 spiro atoms. The van der Waals surface area contributed by atoms with Gasteiger partial charge in [0, 0.05) is 12.2 Å². The maximum absolute atomic E-state index is 13.3. The van der Waals surface area contributed by atoms with Crippen molar-refractivity contribution in [3.05, 3.63) is 59.7 Å². The zero-order chi connectivity index (χ0) is 15.5. The van der Waals surface area contributed by atoms with Gasteiger partial charge in [0.2, 0.25) is 0 Å². The number of rotatable bonds is 4. The number of alkyl halides is 3. The first-order valence-electron chi connectivity index (χ1n) is 6.61. The van der Waals surface area contributed by atoms with Crippen LogP contribution in [0.25, 0.3) is 0 Å². The topological polar surface area (TPSA) is 23.5 Å². The molecular formula is C16H16F3NO. The predicted molar refractivity (Wildman–Crippen MR) is 76.5 cm³/mol. The summed E-state index contributed by atoms with van der Waals surface area (Å²) in [4.78, 5) is 1.60. The van der Waals surface area contributed by atoms with Crippen LogP contribution in [-0.4, -0.2) is 11.7 Å². The normalized spacial score (nSPS) is 11.5. The third-order valence-corrected chi connectivity index (χ3v) is 3.22. The fraction of sp³-hybridized carbons (Fsp3) is 0.250. The van der Waals surface area contributed by atoms with Gasteiger partial charge in [-0.15, -0.1) is 0 Å². The van der Waals surface area contributed by atoms with Crippen LogP contribution in [0.5, 0.6) is 0 Å². The van der Waals surface area contributed by atoms with Crippen LogP contribution in [0, 0.1) is 0 Å². The average molecular weight is 295 g/mol. The van der Waals surface area contributed by atoms with Crippen LogP contribution in [-0.2, 0) is 12.8 Å². The van der Waals surface area contributed by atoms with Gasteiger partial charge in [0.1, 0.15) is 0 Å². The Morgan fingerprint density at radius 1 is 1.05 bits per heavy atom. The number of nitrogens with zero attached hydrogens (tertiary/aromatic N) is 1. The summed E-state index contributed by atoms with van der Waals surface area (Å²) in [7, 11) is 0. The molecule has 0 heterocycles. The second-order valence-electron chi connectivity index (χ2n) is 4.59. The maximum Gasteiger partial charge on any atom is 0.418 e. The van der Waals surface area contributed by atoms with Crippen LogP contribution >= 0.6 is 0 Å². The predicted octanol–water partition coefficient (Wildman–Crippen LogP) is 4.36. The summed E-state index contributed by atoms with van der Waals surface area (Å²) >= 11 is 0. The van der Waals surface area contributed by atoms with Gasteiger partial charge in [0.25, 0.3) is 0 Å². The smallest absolute Gasteiger partial charge is 0.392 e. The van der Waals surface area contributed by atoms with Crippen molar-refractivity contribution in [3.63, 3.8) is 0 Å². The third-order valence-electron chi connectivity index (χ3n) is 3.22. The Bertz CT molecular complexity index is 596. The molecule has 0 aliphatic carbocycles. The number of halogens is 3. The molecule has 2 rings (SSSR count).